The molecule has 3 nitrogen and oxygen atoms in total. The average molecular weight is 278 g/mol. The smallest absolute Gasteiger partial charge is 0.131 e. The highest BCUT2D eigenvalue weighted by Crippen LogP contribution is 2.41. The summed E-state index contributed by atoms with van der Waals surface area (Å²) in [4.78, 5) is 2.43. The molecule has 1 aromatic rings. The summed E-state index contributed by atoms with van der Waals surface area (Å²) in [5, 5.41) is 3.37. The summed E-state index contributed by atoms with van der Waals surface area (Å²) in [5.74, 6) is 1.25. The average Bonchev–Trinajstić information content (AvgIpc) is 3.30. The molecule has 1 aromatic carbocycles. The number of benzene rings is 1. The zero-order valence-corrected chi connectivity index (χ0v) is 12.1. The van der Waals surface area contributed by atoms with E-state index in [-0.39, 0.29) is 11.9 Å². The molecule has 20 heavy (non-hydrogen) atoms. The molecule has 1 saturated carbocycles. The molecular weight excluding hydrogens is 255 g/mol. The summed E-state index contributed by atoms with van der Waals surface area (Å²) in [6, 6.07) is 5.51. The van der Waals surface area contributed by atoms with Crippen LogP contribution in [-0.4, -0.2) is 38.2 Å². The van der Waals surface area contributed by atoms with Crippen LogP contribution in [0.5, 0.6) is 5.75 Å². The van der Waals surface area contributed by atoms with Crippen LogP contribution in [0.3, 0.4) is 0 Å². The Balaban J connectivity index is 1.83. The summed E-state index contributed by atoms with van der Waals surface area (Å²) in [6.07, 6.45) is 3.70. The van der Waals surface area contributed by atoms with Gasteiger partial charge in [-0.25, -0.2) is 4.39 Å². The van der Waals surface area contributed by atoms with Gasteiger partial charge in [-0.2, -0.15) is 0 Å². The minimum Gasteiger partial charge on any atom is -0.497 e. The Bertz CT molecular complexity index is 456. The van der Waals surface area contributed by atoms with Crippen LogP contribution in [0.15, 0.2) is 18.2 Å². The molecule has 110 valence electrons. The van der Waals surface area contributed by atoms with Gasteiger partial charge in [0.1, 0.15) is 11.6 Å². The molecule has 1 N–H and O–H groups in total. The Morgan fingerprint density at radius 3 is 2.70 bits per heavy atom. The van der Waals surface area contributed by atoms with Gasteiger partial charge in [0.15, 0.2) is 0 Å². The molecule has 1 atom stereocenters. The fourth-order valence-electron chi connectivity index (χ4n) is 3.04. The summed E-state index contributed by atoms with van der Waals surface area (Å²) in [7, 11) is 1.58. The van der Waals surface area contributed by atoms with E-state index in [4.69, 9.17) is 4.74 Å². The number of hydrogen-bond donors (Lipinski definition) is 1. The number of piperazine rings is 1. The van der Waals surface area contributed by atoms with Crippen molar-refractivity contribution in [2.75, 3.05) is 33.3 Å². The number of hydrogen-bond acceptors (Lipinski definition) is 3. The van der Waals surface area contributed by atoms with Crippen molar-refractivity contribution in [3.05, 3.63) is 29.6 Å². The standard InChI is InChI=1S/C16H23FN2O/c1-20-13-4-5-14(15(17)11-13)16(10-12-2-3-12)19-8-6-18-7-9-19/h4-5,11-12,16,18H,2-3,6-10H2,1H3/t16-/m1/s1. The normalized spacial score (nSPS) is 21.7. The fourth-order valence-corrected chi connectivity index (χ4v) is 3.04. The van der Waals surface area contributed by atoms with Gasteiger partial charge in [-0.3, -0.25) is 4.90 Å². The zero-order chi connectivity index (χ0) is 13.9. The van der Waals surface area contributed by atoms with Crippen molar-refractivity contribution in [2.45, 2.75) is 25.3 Å². The molecule has 0 spiro atoms. The van der Waals surface area contributed by atoms with Gasteiger partial charge >= 0.3 is 0 Å². The number of nitrogens with one attached hydrogen (secondary N) is 1. The summed E-state index contributed by atoms with van der Waals surface area (Å²) in [6.45, 7) is 4.00. The maximum absolute atomic E-state index is 14.4. The molecule has 2 fully saturated rings. The highest BCUT2D eigenvalue weighted by atomic mass is 19.1. The third-order valence-corrected chi connectivity index (χ3v) is 4.41. The van der Waals surface area contributed by atoms with E-state index in [1.165, 1.54) is 18.9 Å². The summed E-state index contributed by atoms with van der Waals surface area (Å²) >= 11 is 0. The Kier molecular flexibility index (Phi) is 4.22. The molecule has 1 aliphatic heterocycles. The van der Waals surface area contributed by atoms with Crippen molar-refractivity contribution < 1.29 is 9.13 Å². The monoisotopic (exact) mass is 278 g/mol. The Morgan fingerprint density at radius 2 is 2.10 bits per heavy atom. The molecule has 0 aromatic heterocycles. The lowest BCUT2D eigenvalue weighted by Crippen LogP contribution is -2.45. The SMILES string of the molecule is COc1ccc([C@@H](CC2CC2)N2CCNCC2)c(F)c1. The second-order valence-corrected chi connectivity index (χ2v) is 5.87. The fraction of sp³-hybridized carbons (Fsp3) is 0.625. The molecule has 1 saturated heterocycles. The van der Waals surface area contributed by atoms with Gasteiger partial charge in [-0.1, -0.05) is 18.9 Å². The van der Waals surface area contributed by atoms with Crippen molar-refractivity contribution in [1.82, 2.24) is 10.2 Å². The molecule has 0 radical (unpaired) electrons. The molecular formula is C16H23FN2O. The molecule has 0 bridgehead atoms. The minimum atomic E-state index is -0.131. The highest BCUT2D eigenvalue weighted by molar-refractivity contribution is 5.31. The quantitative estimate of drug-likeness (QED) is 0.896. The van der Waals surface area contributed by atoms with Gasteiger partial charge in [0.25, 0.3) is 0 Å². The number of nitrogens with zero attached hydrogens (tertiary/aromatic N) is 1. The van der Waals surface area contributed by atoms with Crippen LogP contribution >= 0.6 is 0 Å². The Morgan fingerprint density at radius 1 is 1.35 bits per heavy atom. The van der Waals surface area contributed by atoms with Crippen LogP contribution in [0.25, 0.3) is 0 Å². The van der Waals surface area contributed by atoms with Crippen LogP contribution in [0, 0.1) is 11.7 Å². The first-order valence-electron chi connectivity index (χ1n) is 7.56. The van der Waals surface area contributed by atoms with E-state index in [2.05, 4.69) is 10.2 Å². The van der Waals surface area contributed by atoms with E-state index >= 15 is 0 Å². The molecule has 3 rings (SSSR count). The number of methoxy groups -OCH3 is 1. The predicted octanol–water partition coefficient (Wildman–Crippen LogP) is 2.58. The van der Waals surface area contributed by atoms with Gasteiger partial charge < -0.3 is 10.1 Å². The van der Waals surface area contributed by atoms with Crippen LogP contribution < -0.4 is 10.1 Å². The Labute approximate surface area is 120 Å². The maximum atomic E-state index is 14.4. The highest BCUT2D eigenvalue weighted by Gasteiger charge is 2.31. The third-order valence-electron chi connectivity index (χ3n) is 4.41. The van der Waals surface area contributed by atoms with E-state index < -0.39 is 0 Å². The molecule has 2 aliphatic rings. The Hall–Kier alpha value is -1.13. The minimum absolute atomic E-state index is 0.131. The van der Waals surface area contributed by atoms with Crippen molar-refractivity contribution in [1.29, 1.82) is 0 Å². The van der Waals surface area contributed by atoms with Gasteiger partial charge in [0.2, 0.25) is 0 Å². The first kappa shape index (κ1) is 13.8. The molecule has 0 amide bonds. The van der Waals surface area contributed by atoms with Crippen LogP contribution in [0.2, 0.25) is 0 Å². The first-order valence-corrected chi connectivity index (χ1v) is 7.56. The first-order chi connectivity index (χ1) is 9.78. The largest absolute Gasteiger partial charge is 0.497 e. The van der Waals surface area contributed by atoms with E-state index in [0.29, 0.717) is 5.75 Å². The second-order valence-electron chi connectivity index (χ2n) is 5.87. The maximum Gasteiger partial charge on any atom is 0.131 e. The van der Waals surface area contributed by atoms with Gasteiger partial charge in [0.05, 0.1) is 7.11 Å². The molecule has 1 heterocycles. The van der Waals surface area contributed by atoms with Gasteiger partial charge in [-0.05, 0) is 18.4 Å². The van der Waals surface area contributed by atoms with Gasteiger partial charge in [0, 0.05) is 43.9 Å². The van der Waals surface area contributed by atoms with E-state index in [1.807, 2.05) is 12.1 Å². The van der Waals surface area contributed by atoms with Crippen LogP contribution in [0.4, 0.5) is 4.39 Å². The predicted molar refractivity (Wildman–Crippen MR) is 77.5 cm³/mol. The van der Waals surface area contributed by atoms with Crippen molar-refractivity contribution >= 4 is 0 Å². The van der Waals surface area contributed by atoms with Gasteiger partial charge in [-0.15, -0.1) is 0 Å². The summed E-state index contributed by atoms with van der Waals surface area (Å²) in [5.41, 5.74) is 0.833. The number of ether oxygens (including phenoxy) is 1. The third kappa shape index (κ3) is 3.13. The molecule has 1 aliphatic carbocycles. The second kappa shape index (κ2) is 6.10. The summed E-state index contributed by atoms with van der Waals surface area (Å²) < 4.78 is 19.5. The van der Waals surface area contributed by atoms with Crippen molar-refractivity contribution in [2.24, 2.45) is 5.92 Å². The lowest BCUT2D eigenvalue weighted by Gasteiger charge is -2.35. The molecule has 0 unspecified atom stereocenters. The number of rotatable bonds is 5. The lowest BCUT2D eigenvalue weighted by molar-refractivity contribution is 0.157. The van der Waals surface area contributed by atoms with E-state index in [9.17, 15) is 4.39 Å². The lowest BCUT2D eigenvalue weighted by atomic mass is 9.98. The van der Waals surface area contributed by atoms with Crippen LogP contribution in [0.1, 0.15) is 30.9 Å². The van der Waals surface area contributed by atoms with E-state index in [0.717, 1.165) is 44.1 Å². The topological polar surface area (TPSA) is 24.5 Å². The zero-order valence-electron chi connectivity index (χ0n) is 12.1. The number of halogens is 1. The van der Waals surface area contributed by atoms with Crippen LogP contribution in [-0.2, 0) is 0 Å². The molecule has 4 heteroatoms. The van der Waals surface area contributed by atoms with E-state index in [1.54, 1.807) is 7.11 Å². The van der Waals surface area contributed by atoms with Crippen molar-refractivity contribution in [3.63, 3.8) is 0 Å². The van der Waals surface area contributed by atoms with Crippen molar-refractivity contribution in [3.8, 4) is 5.75 Å².